The van der Waals surface area contributed by atoms with Gasteiger partial charge in [-0.1, -0.05) is 52.4 Å². The lowest BCUT2D eigenvalue weighted by Gasteiger charge is -2.18. The van der Waals surface area contributed by atoms with Crippen LogP contribution in [0.25, 0.3) is 0 Å². The van der Waals surface area contributed by atoms with E-state index in [1.54, 1.807) is 0 Å². The zero-order chi connectivity index (χ0) is 11.6. The Morgan fingerprint density at radius 3 is 1.94 bits per heavy atom. The number of unbranched alkanes of at least 4 members (excludes halogenated alkanes) is 4. The van der Waals surface area contributed by atoms with Crippen LogP contribution in [0.3, 0.4) is 0 Å². The summed E-state index contributed by atoms with van der Waals surface area (Å²) in [6, 6.07) is 0.818. The highest BCUT2D eigenvalue weighted by molar-refractivity contribution is 4.78. The van der Waals surface area contributed by atoms with E-state index in [-0.39, 0.29) is 0 Å². The van der Waals surface area contributed by atoms with E-state index in [2.05, 4.69) is 19.2 Å². The largest absolute Gasteiger partial charge is 0.314 e. The van der Waals surface area contributed by atoms with Crippen LogP contribution < -0.4 is 5.32 Å². The SMILES string of the molecule is CCCCCC(CCCCC)NCC1CC1. The van der Waals surface area contributed by atoms with Gasteiger partial charge in [-0.25, -0.2) is 0 Å². The molecule has 1 heteroatoms. The zero-order valence-electron chi connectivity index (χ0n) is 11.4. The Bertz CT molecular complexity index is 142. The molecule has 0 aromatic rings. The number of nitrogens with one attached hydrogen (secondary N) is 1. The van der Waals surface area contributed by atoms with Gasteiger partial charge >= 0.3 is 0 Å². The molecule has 0 spiro atoms. The fraction of sp³-hybridized carbons (Fsp3) is 1.00. The quantitative estimate of drug-likeness (QED) is 0.510. The molecule has 1 rings (SSSR count). The predicted molar refractivity (Wildman–Crippen MR) is 72.8 cm³/mol. The summed E-state index contributed by atoms with van der Waals surface area (Å²) in [5.74, 6) is 1.03. The first-order valence-electron chi connectivity index (χ1n) is 7.60. The van der Waals surface area contributed by atoms with E-state index in [1.807, 2.05) is 0 Å². The smallest absolute Gasteiger partial charge is 0.00671 e. The number of rotatable bonds is 11. The van der Waals surface area contributed by atoms with Crippen molar-refractivity contribution in [1.29, 1.82) is 0 Å². The Morgan fingerprint density at radius 1 is 0.938 bits per heavy atom. The molecule has 0 aliphatic heterocycles. The molecule has 0 aromatic carbocycles. The van der Waals surface area contributed by atoms with Crippen LogP contribution >= 0.6 is 0 Å². The molecule has 1 aliphatic carbocycles. The summed E-state index contributed by atoms with van der Waals surface area (Å²) in [5.41, 5.74) is 0. The summed E-state index contributed by atoms with van der Waals surface area (Å²) < 4.78 is 0. The van der Waals surface area contributed by atoms with Gasteiger partial charge in [0.05, 0.1) is 0 Å². The minimum atomic E-state index is 0.818. The van der Waals surface area contributed by atoms with E-state index in [1.165, 1.54) is 70.8 Å². The van der Waals surface area contributed by atoms with Crippen molar-refractivity contribution in [3.63, 3.8) is 0 Å². The Hall–Kier alpha value is -0.0400. The average molecular weight is 225 g/mol. The van der Waals surface area contributed by atoms with E-state index in [0.717, 1.165) is 12.0 Å². The standard InChI is InChI=1S/C15H31N/c1-3-5-7-9-15(10-8-6-4-2)16-13-14-11-12-14/h14-16H,3-13H2,1-2H3. The van der Waals surface area contributed by atoms with Gasteiger partial charge in [-0.15, -0.1) is 0 Å². The zero-order valence-corrected chi connectivity index (χ0v) is 11.4. The summed E-state index contributed by atoms with van der Waals surface area (Å²) in [6.07, 6.45) is 14.1. The molecule has 1 fully saturated rings. The first kappa shape index (κ1) is 14.0. The minimum absolute atomic E-state index is 0.818. The van der Waals surface area contributed by atoms with Gasteiger partial charge in [0.15, 0.2) is 0 Å². The van der Waals surface area contributed by atoms with Crippen molar-refractivity contribution < 1.29 is 0 Å². The molecular weight excluding hydrogens is 194 g/mol. The second-order valence-electron chi connectivity index (χ2n) is 5.54. The van der Waals surface area contributed by atoms with Crippen LogP contribution in [0.1, 0.15) is 78.1 Å². The van der Waals surface area contributed by atoms with Crippen molar-refractivity contribution in [3.05, 3.63) is 0 Å². The average Bonchev–Trinajstić information content (AvgIpc) is 3.09. The van der Waals surface area contributed by atoms with Gasteiger partial charge in [0.2, 0.25) is 0 Å². The first-order chi connectivity index (χ1) is 7.86. The predicted octanol–water partition coefficient (Wildman–Crippen LogP) is 4.52. The topological polar surface area (TPSA) is 12.0 Å². The molecular formula is C15H31N. The molecule has 0 amide bonds. The molecule has 0 aromatic heterocycles. The van der Waals surface area contributed by atoms with Crippen molar-refractivity contribution in [1.82, 2.24) is 5.32 Å². The molecule has 1 saturated carbocycles. The monoisotopic (exact) mass is 225 g/mol. The molecule has 0 bridgehead atoms. The maximum Gasteiger partial charge on any atom is 0.00671 e. The second kappa shape index (κ2) is 9.04. The molecule has 1 N–H and O–H groups in total. The molecule has 16 heavy (non-hydrogen) atoms. The Morgan fingerprint density at radius 2 is 1.50 bits per heavy atom. The Labute approximate surface area is 102 Å². The molecule has 1 aliphatic rings. The first-order valence-corrected chi connectivity index (χ1v) is 7.60. The third-order valence-electron chi connectivity index (χ3n) is 3.70. The Balaban J connectivity index is 2.06. The number of hydrogen-bond acceptors (Lipinski definition) is 1. The fourth-order valence-electron chi connectivity index (χ4n) is 2.29. The van der Waals surface area contributed by atoms with E-state index < -0.39 is 0 Å². The molecule has 96 valence electrons. The maximum absolute atomic E-state index is 3.80. The lowest BCUT2D eigenvalue weighted by atomic mass is 10.0. The summed E-state index contributed by atoms with van der Waals surface area (Å²) in [7, 11) is 0. The van der Waals surface area contributed by atoms with Crippen molar-refractivity contribution in [2.45, 2.75) is 84.1 Å². The molecule has 0 atom stereocenters. The normalized spacial score (nSPS) is 15.9. The van der Waals surface area contributed by atoms with Gasteiger partial charge in [0.25, 0.3) is 0 Å². The van der Waals surface area contributed by atoms with Gasteiger partial charge in [-0.05, 0) is 38.1 Å². The van der Waals surface area contributed by atoms with Crippen LogP contribution in [0, 0.1) is 5.92 Å². The number of hydrogen-bond donors (Lipinski definition) is 1. The van der Waals surface area contributed by atoms with Crippen LogP contribution in [0.15, 0.2) is 0 Å². The van der Waals surface area contributed by atoms with Crippen molar-refractivity contribution >= 4 is 0 Å². The second-order valence-corrected chi connectivity index (χ2v) is 5.54. The van der Waals surface area contributed by atoms with Crippen LogP contribution in [0.4, 0.5) is 0 Å². The highest BCUT2D eigenvalue weighted by atomic mass is 14.9. The lowest BCUT2D eigenvalue weighted by molar-refractivity contribution is 0.412. The summed E-state index contributed by atoms with van der Waals surface area (Å²) in [6.45, 7) is 5.89. The maximum atomic E-state index is 3.80. The van der Waals surface area contributed by atoms with Crippen molar-refractivity contribution in [3.8, 4) is 0 Å². The summed E-state index contributed by atoms with van der Waals surface area (Å²) in [4.78, 5) is 0. The van der Waals surface area contributed by atoms with E-state index >= 15 is 0 Å². The third kappa shape index (κ3) is 7.27. The van der Waals surface area contributed by atoms with Gasteiger partial charge in [0.1, 0.15) is 0 Å². The molecule has 0 radical (unpaired) electrons. The van der Waals surface area contributed by atoms with Gasteiger partial charge in [-0.3, -0.25) is 0 Å². The van der Waals surface area contributed by atoms with Crippen molar-refractivity contribution in [2.75, 3.05) is 6.54 Å². The lowest BCUT2D eigenvalue weighted by Crippen LogP contribution is -2.30. The summed E-state index contributed by atoms with van der Waals surface area (Å²) >= 11 is 0. The van der Waals surface area contributed by atoms with E-state index in [9.17, 15) is 0 Å². The van der Waals surface area contributed by atoms with Crippen LogP contribution in [0.5, 0.6) is 0 Å². The highest BCUT2D eigenvalue weighted by Gasteiger charge is 2.21. The van der Waals surface area contributed by atoms with Gasteiger partial charge in [0, 0.05) is 6.04 Å². The van der Waals surface area contributed by atoms with Gasteiger partial charge < -0.3 is 5.32 Å². The van der Waals surface area contributed by atoms with E-state index in [4.69, 9.17) is 0 Å². The molecule has 0 unspecified atom stereocenters. The minimum Gasteiger partial charge on any atom is -0.314 e. The third-order valence-corrected chi connectivity index (χ3v) is 3.70. The van der Waals surface area contributed by atoms with Crippen LogP contribution in [0.2, 0.25) is 0 Å². The van der Waals surface area contributed by atoms with Gasteiger partial charge in [-0.2, -0.15) is 0 Å². The highest BCUT2D eigenvalue weighted by Crippen LogP contribution is 2.28. The van der Waals surface area contributed by atoms with Crippen LogP contribution in [-0.4, -0.2) is 12.6 Å². The van der Waals surface area contributed by atoms with Crippen molar-refractivity contribution in [2.24, 2.45) is 5.92 Å². The Kier molecular flexibility index (Phi) is 7.92. The summed E-state index contributed by atoms with van der Waals surface area (Å²) in [5, 5.41) is 3.80. The fourth-order valence-corrected chi connectivity index (χ4v) is 2.29. The van der Waals surface area contributed by atoms with E-state index in [0.29, 0.717) is 0 Å². The van der Waals surface area contributed by atoms with Crippen LogP contribution in [-0.2, 0) is 0 Å². The molecule has 1 nitrogen and oxygen atoms in total. The molecule has 0 heterocycles. The molecule has 0 saturated heterocycles.